The molecule has 5 aliphatic carbocycles. The summed E-state index contributed by atoms with van der Waals surface area (Å²) < 4.78 is 87.8. The lowest BCUT2D eigenvalue weighted by Gasteiger charge is -2.56. The van der Waals surface area contributed by atoms with Gasteiger partial charge in [-0.3, -0.25) is 0 Å². The van der Waals surface area contributed by atoms with E-state index in [1.165, 1.54) is 37.8 Å². The fraction of sp³-hybridized carbons (Fsp3) is 0.833. The van der Waals surface area contributed by atoms with Gasteiger partial charge in [-0.2, -0.15) is 0 Å². The van der Waals surface area contributed by atoms with Crippen LogP contribution in [-0.4, -0.2) is 37.6 Å². The first kappa shape index (κ1) is 34.1. The van der Waals surface area contributed by atoms with E-state index in [1.807, 2.05) is 0 Å². The monoisotopic (exact) mass is 692 g/mol. The van der Waals surface area contributed by atoms with Gasteiger partial charge >= 0.3 is 0 Å². The summed E-state index contributed by atoms with van der Waals surface area (Å²) in [5.41, 5.74) is 0.525. The molecule has 47 heavy (non-hydrogen) atoms. The third kappa shape index (κ3) is 4.97. The van der Waals surface area contributed by atoms with Crippen molar-refractivity contribution in [2.45, 2.75) is 143 Å². The quantitative estimate of drug-likeness (QED) is 0.231. The molecule has 10 atom stereocenters. The fourth-order valence-electron chi connectivity index (χ4n) is 13.5. The van der Waals surface area contributed by atoms with Gasteiger partial charge < -0.3 is 22.2 Å². The van der Waals surface area contributed by atoms with Gasteiger partial charge in [0.25, 0.3) is 20.8 Å². The number of benzene rings is 1. The zero-order valence-corrected chi connectivity index (χ0v) is 30.7. The van der Waals surface area contributed by atoms with Crippen molar-refractivity contribution >= 4 is 20.8 Å². The van der Waals surface area contributed by atoms with Crippen molar-refractivity contribution in [2.75, 3.05) is 0 Å². The summed E-state index contributed by atoms with van der Waals surface area (Å²) in [6, 6.07) is 2.49. The Kier molecular flexibility index (Phi) is 7.49. The van der Waals surface area contributed by atoms with Gasteiger partial charge in [-0.1, -0.05) is 48.0 Å². The molecule has 1 aliphatic heterocycles. The Bertz CT molecular complexity index is 1690. The van der Waals surface area contributed by atoms with Crippen molar-refractivity contribution in [1.29, 1.82) is 0 Å². The molecule has 0 N–H and O–H groups in total. The first-order valence-electron chi connectivity index (χ1n) is 17.7. The van der Waals surface area contributed by atoms with Crippen LogP contribution in [0.4, 0.5) is 0 Å². The minimum absolute atomic E-state index is 0.0196. The average molecular weight is 693 g/mol. The molecule has 0 radical (unpaired) electrons. The van der Waals surface area contributed by atoms with E-state index in [0.29, 0.717) is 35.3 Å². The van der Waals surface area contributed by atoms with Crippen LogP contribution in [0.1, 0.15) is 130 Å². The van der Waals surface area contributed by atoms with Crippen molar-refractivity contribution in [3.63, 3.8) is 0 Å². The minimum atomic E-state index is -5.10. The molecule has 6 aliphatic rings. The van der Waals surface area contributed by atoms with Gasteiger partial charge in [0.05, 0.1) is 11.7 Å². The highest BCUT2D eigenvalue weighted by Crippen LogP contribution is 2.74. The van der Waals surface area contributed by atoms with E-state index in [9.17, 15) is 25.9 Å². The van der Waals surface area contributed by atoms with Gasteiger partial charge in [-0.05, 0) is 135 Å². The largest absolute Gasteiger partial charge is 0.716 e. The highest BCUT2D eigenvalue weighted by molar-refractivity contribution is 7.81. The lowest BCUT2D eigenvalue weighted by molar-refractivity contribution is -0.179. The normalized spacial score (nSPS) is 45.6. The van der Waals surface area contributed by atoms with Gasteiger partial charge in [0.2, 0.25) is 0 Å². The van der Waals surface area contributed by atoms with Crippen LogP contribution < -0.4 is 8.37 Å². The predicted molar refractivity (Wildman–Crippen MR) is 174 cm³/mol. The second kappa shape index (κ2) is 10.3. The van der Waals surface area contributed by atoms with Crippen LogP contribution >= 0.6 is 0 Å². The molecule has 264 valence electrons. The first-order chi connectivity index (χ1) is 21.6. The molecule has 0 aromatic heterocycles. The van der Waals surface area contributed by atoms with E-state index >= 15 is 0 Å². The van der Waals surface area contributed by atoms with Crippen LogP contribution in [0.3, 0.4) is 0 Å². The van der Waals surface area contributed by atoms with Crippen LogP contribution in [-0.2, 0) is 37.4 Å². The molecule has 7 rings (SSSR count). The average Bonchev–Trinajstić information content (AvgIpc) is 3.49. The van der Waals surface area contributed by atoms with Crippen LogP contribution in [0.25, 0.3) is 0 Å². The fourth-order valence-corrected chi connectivity index (χ4v) is 14.2. The van der Waals surface area contributed by atoms with Gasteiger partial charge in [0.1, 0.15) is 11.5 Å². The minimum Gasteiger partial charge on any atom is -0.716 e. The number of ether oxygens (including phenoxy) is 1. The van der Waals surface area contributed by atoms with Crippen molar-refractivity contribution in [2.24, 2.45) is 45.3 Å². The molecule has 5 unspecified atom stereocenters. The molecule has 0 spiro atoms. The molecule has 1 aromatic carbocycles. The zero-order chi connectivity index (χ0) is 34.2. The summed E-state index contributed by atoms with van der Waals surface area (Å²) in [5.74, 6) is 1.25. The third-order valence-corrected chi connectivity index (χ3v) is 16.5. The first-order valence-corrected chi connectivity index (χ1v) is 20.4. The molecule has 1 heterocycles. The van der Waals surface area contributed by atoms with E-state index < -0.39 is 26.2 Å². The summed E-state index contributed by atoms with van der Waals surface area (Å²) >= 11 is 0. The lowest BCUT2D eigenvalue weighted by atomic mass is 9.48. The molecule has 1 aromatic rings. The maximum absolute atomic E-state index is 11.8. The molecule has 9 nitrogen and oxygen atoms in total. The molecule has 4 saturated carbocycles. The van der Waals surface area contributed by atoms with Crippen LogP contribution in [0.2, 0.25) is 0 Å². The van der Waals surface area contributed by atoms with Crippen molar-refractivity contribution < 1.29 is 39.0 Å². The Morgan fingerprint density at radius 2 is 1.32 bits per heavy atom. The Morgan fingerprint density at radius 3 is 2.00 bits per heavy atom. The Hall–Kier alpha value is -1.40. The van der Waals surface area contributed by atoms with E-state index in [-0.39, 0.29) is 50.8 Å². The van der Waals surface area contributed by atoms with Crippen LogP contribution in [0, 0.1) is 45.3 Å². The number of rotatable bonds is 5. The number of fused-ring (bicyclic) bond motifs is 7. The Morgan fingerprint density at radius 1 is 0.702 bits per heavy atom. The SMILES string of the molecule is CC1(C)CCC[C@]2(C)OC3CC[C@](C)(C4CC[C@]5(C)C4CC[C@]4(C)c6c(OS(=O)(=O)[O-])ccc(OS(=O)(=O)[O-])c6CC54)[C@]3(C)CCC12. The summed E-state index contributed by atoms with van der Waals surface area (Å²) in [7, 11) is -10.2. The van der Waals surface area contributed by atoms with Crippen molar-refractivity contribution in [1.82, 2.24) is 0 Å². The summed E-state index contributed by atoms with van der Waals surface area (Å²) in [6.07, 6.45) is 12.6. The van der Waals surface area contributed by atoms with Gasteiger partial charge in [0.15, 0.2) is 0 Å². The van der Waals surface area contributed by atoms with Gasteiger partial charge in [-0.25, -0.2) is 16.8 Å². The van der Waals surface area contributed by atoms with Crippen LogP contribution in [0.5, 0.6) is 11.5 Å². The van der Waals surface area contributed by atoms with Crippen molar-refractivity contribution in [3.05, 3.63) is 23.3 Å². The molecule has 11 heteroatoms. The summed E-state index contributed by atoms with van der Waals surface area (Å²) in [6.45, 7) is 16.8. The van der Waals surface area contributed by atoms with E-state index in [1.54, 1.807) is 0 Å². The summed E-state index contributed by atoms with van der Waals surface area (Å²) in [5, 5.41) is 0. The Balaban J connectivity index is 1.24. The molecular weight excluding hydrogens is 641 g/mol. The van der Waals surface area contributed by atoms with E-state index in [2.05, 4.69) is 48.5 Å². The lowest BCUT2D eigenvalue weighted by Crippen LogP contribution is -2.52. The standard InChI is InChI=1S/C36H54O9S2/c1-31(2)15-8-16-36(7)27(31)13-19-35(6)29(43-36)14-20-34(35,5)24-12-17-32(3)23(24)11-18-33(4)28(32)21-22-25(44-46(37,38)39)9-10-26(30(22)33)45-47(40,41)42/h9-10,23-24,27-29H,8,11-21H2,1-7H3,(H,37,38,39)(H,40,41,42)/p-2/t23?,24?,27?,28?,29?,32-,33+,34-,35-,36+/m1/s1. The number of hydrogen-bond acceptors (Lipinski definition) is 9. The zero-order valence-electron chi connectivity index (χ0n) is 29.0. The molecule has 0 bridgehead atoms. The van der Waals surface area contributed by atoms with Gasteiger partial charge in [0, 0.05) is 16.5 Å². The van der Waals surface area contributed by atoms with Crippen molar-refractivity contribution in [3.8, 4) is 11.5 Å². The maximum atomic E-state index is 11.8. The summed E-state index contributed by atoms with van der Waals surface area (Å²) in [4.78, 5) is 0. The van der Waals surface area contributed by atoms with Gasteiger partial charge in [-0.15, -0.1) is 0 Å². The number of hydrogen-bond donors (Lipinski definition) is 0. The molecular formula is C36H52O9S2-2. The van der Waals surface area contributed by atoms with E-state index in [4.69, 9.17) is 13.1 Å². The smallest absolute Gasteiger partial charge is 0.262 e. The maximum Gasteiger partial charge on any atom is 0.262 e. The molecule has 0 amide bonds. The van der Waals surface area contributed by atoms with E-state index in [0.717, 1.165) is 44.9 Å². The molecule has 5 fully saturated rings. The van der Waals surface area contributed by atoms with Crippen LogP contribution in [0.15, 0.2) is 12.1 Å². The highest BCUT2D eigenvalue weighted by Gasteiger charge is 2.69. The second-order valence-corrected chi connectivity index (χ2v) is 20.1. The Labute approximate surface area is 281 Å². The second-order valence-electron chi connectivity index (χ2n) is 18.1. The highest BCUT2D eigenvalue weighted by atomic mass is 32.3. The predicted octanol–water partition coefficient (Wildman–Crippen LogP) is 7.19. The molecule has 1 saturated heterocycles. The third-order valence-electron chi connectivity index (χ3n) is 15.8. The topological polar surface area (TPSA) is 142 Å².